The quantitative estimate of drug-likeness (QED) is 0.272. The molecule has 1 N–H and O–H groups in total. The molecule has 42 heavy (non-hydrogen) atoms. The standard InChI is InChI=1S/C33H40ClN3O4S/c1-4-30(33(39)35-28-13-9-6-10-14-28)36(22-26-11-7-5-8-12-26)32(38)23-37(31-21-27(34)18-17-25(31)3)42(40,41)29-19-15-24(2)16-20-29/h5,7-8,11-12,15-21,28,30H,4,6,9-10,13-14,22-23H2,1-3H3,(H,35,39). The number of nitrogens with one attached hydrogen (secondary N) is 1. The Labute approximate surface area is 254 Å². The van der Waals surface area contributed by atoms with E-state index in [4.69, 9.17) is 11.6 Å². The maximum absolute atomic E-state index is 14.3. The fourth-order valence-corrected chi connectivity index (χ4v) is 7.08. The first-order chi connectivity index (χ1) is 20.1. The highest BCUT2D eigenvalue weighted by molar-refractivity contribution is 7.92. The third-order valence-corrected chi connectivity index (χ3v) is 9.87. The summed E-state index contributed by atoms with van der Waals surface area (Å²) in [6, 6.07) is 20.3. The van der Waals surface area contributed by atoms with Crippen LogP contribution in [0.1, 0.15) is 62.1 Å². The van der Waals surface area contributed by atoms with Crippen LogP contribution < -0.4 is 9.62 Å². The van der Waals surface area contributed by atoms with Crippen molar-refractivity contribution in [1.82, 2.24) is 10.2 Å². The molecule has 0 radical (unpaired) electrons. The lowest BCUT2D eigenvalue weighted by Crippen LogP contribution is -2.54. The second-order valence-electron chi connectivity index (χ2n) is 11.0. The van der Waals surface area contributed by atoms with Gasteiger partial charge >= 0.3 is 0 Å². The molecule has 0 aromatic heterocycles. The maximum atomic E-state index is 14.3. The number of halogens is 1. The average molecular weight is 610 g/mol. The van der Waals surface area contributed by atoms with Gasteiger partial charge in [0.1, 0.15) is 12.6 Å². The van der Waals surface area contributed by atoms with Crippen LogP contribution in [0.5, 0.6) is 0 Å². The van der Waals surface area contributed by atoms with Crippen LogP contribution in [0.2, 0.25) is 5.02 Å². The summed E-state index contributed by atoms with van der Waals surface area (Å²) in [5.74, 6) is -0.680. The smallest absolute Gasteiger partial charge is 0.264 e. The van der Waals surface area contributed by atoms with Crippen molar-refractivity contribution in [2.24, 2.45) is 0 Å². The minimum absolute atomic E-state index is 0.0666. The van der Waals surface area contributed by atoms with Gasteiger partial charge in [-0.3, -0.25) is 13.9 Å². The molecular formula is C33H40ClN3O4S. The van der Waals surface area contributed by atoms with Gasteiger partial charge in [-0.2, -0.15) is 0 Å². The lowest BCUT2D eigenvalue weighted by molar-refractivity contribution is -0.140. The molecule has 0 bridgehead atoms. The van der Waals surface area contributed by atoms with Crippen LogP contribution in [0, 0.1) is 13.8 Å². The van der Waals surface area contributed by atoms with Crippen molar-refractivity contribution in [1.29, 1.82) is 0 Å². The summed E-state index contributed by atoms with van der Waals surface area (Å²) < 4.78 is 29.3. The fraction of sp³-hybridized carbons (Fsp3) is 0.394. The number of benzene rings is 3. The highest BCUT2D eigenvalue weighted by atomic mass is 35.5. The van der Waals surface area contributed by atoms with Crippen LogP contribution in [0.25, 0.3) is 0 Å². The van der Waals surface area contributed by atoms with Crippen LogP contribution in [0.4, 0.5) is 5.69 Å². The van der Waals surface area contributed by atoms with Crippen LogP contribution in [0.3, 0.4) is 0 Å². The number of carbonyl (C=O) groups excluding carboxylic acids is 2. The van der Waals surface area contributed by atoms with E-state index in [1.165, 1.54) is 17.0 Å². The Kier molecular flexibility index (Phi) is 10.7. The Balaban J connectivity index is 1.72. The van der Waals surface area contributed by atoms with Gasteiger partial charge in [0.2, 0.25) is 11.8 Å². The summed E-state index contributed by atoms with van der Waals surface area (Å²) >= 11 is 6.32. The van der Waals surface area contributed by atoms with Crippen molar-refractivity contribution < 1.29 is 18.0 Å². The normalized spacial score (nSPS) is 14.7. The Morgan fingerprint density at radius 3 is 2.26 bits per heavy atom. The van der Waals surface area contributed by atoms with Crippen molar-refractivity contribution in [3.8, 4) is 0 Å². The Morgan fingerprint density at radius 2 is 1.62 bits per heavy atom. The average Bonchev–Trinajstić information content (AvgIpc) is 2.98. The van der Waals surface area contributed by atoms with E-state index in [2.05, 4.69) is 5.32 Å². The number of aryl methyl sites for hydroxylation is 2. The third-order valence-electron chi connectivity index (χ3n) is 7.86. The molecule has 224 valence electrons. The molecule has 0 spiro atoms. The number of carbonyl (C=O) groups is 2. The zero-order chi connectivity index (χ0) is 30.3. The van der Waals surface area contributed by atoms with E-state index in [-0.39, 0.29) is 23.4 Å². The maximum Gasteiger partial charge on any atom is 0.264 e. The first kappa shape index (κ1) is 31.6. The van der Waals surface area contributed by atoms with E-state index in [1.807, 2.05) is 44.2 Å². The van der Waals surface area contributed by atoms with E-state index in [1.54, 1.807) is 37.3 Å². The zero-order valence-electron chi connectivity index (χ0n) is 24.6. The molecule has 1 saturated carbocycles. The topological polar surface area (TPSA) is 86.8 Å². The summed E-state index contributed by atoms with van der Waals surface area (Å²) in [5.41, 5.74) is 2.73. The third kappa shape index (κ3) is 7.72. The van der Waals surface area contributed by atoms with Gasteiger partial charge in [0, 0.05) is 17.6 Å². The first-order valence-corrected chi connectivity index (χ1v) is 16.4. The van der Waals surface area contributed by atoms with E-state index in [0.29, 0.717) is 22.7 Å². The molecular weight excluding hydrogens is 570 g/mol. The van der Waals surface area contributed by atoms with E-state index in [0.717, 1.165) is 47.5 Å². The molecule has 1 fully saturated rings. The van der Waals surface area contributed by atoms with Crippen molar-refractivity contribution in [3.63, 3.8) is 0 Å². The number of anilines is 1. The molecule has 1 aliphatic carbocycles. The molecule has 0 saturated heterocycles. The number of sulfonamides is 1. The summed E-state index contributed by atoms with van der Waals surface area (Å²) in [5, 5.41) is 3.53. The molecule has 2 amide bonds. The Bertz CT molecular complexity index is 1470. The van der Waals surface area contributed by atoms with Crippen molar-refractivity contribution in [2.45, 2.75) is 82.8 Å². The Morgan fingerprint density at radius 1 is 0.952 bits per heavy atom. The van der Waals surface area contributed by atoms with Gasteiger partial charge in [0.25, 0.3) is 10.0 Å². The highest BCUT2D eigenvalue weighted by Gasteiger charge is 2.35. The number of amides is 2. The van der Waals surface area contributed by atoms with Crippen LogP contribution in [-0.2, 0) is 26.2 Å². The monoisotopic (exact) mass is 609 g/mol. The van der Waals surface area contributed by atoms with Crippen molar-refractivity contribution in [3.05, 3.63) is 94.5 Å². The minimum Gasteiger partial charge on any atom is -0.352 e. The van der Waals surface area contributed by atoms with Crippen LogP contribution in [0.15, 0.2) is 77.7 Å². The number of hydrogen-bond donors (Lipinski definition) is 1. The zero-order valence-corrected chi connectivity index (χ0v) is 26.1. The van der Waals surface area contributed by atoms with Crippen molar-refractivity contribution in [2.75, 3.05) is 10.8 Å². The minimum atomic E-state index is -4.16. The largest absolute Gasteiger partial charge is 0.352 e. The van der Waals surface area contributed by atoms with Gasteiger partial charge in [-0.25, -0.2) is 8.42 Å². The molecule has 3 aromatic rings. The predicted molar refractivity (Wildman–Crippen MR) is 168 cm³/mol. The molecule has 0 heterocycles. The first-order valence-electron chi connectivity index (χ1n) is 14.6. The summed E-state index contributed by atoms with van der Waals surface area (Å²) in [6.45, 7) is 5.21. The molecule has 4 rings (SSSR count). The van der Waals surface area contributed by atoms with Crippen LogP contribution in [-0.4, -0.2) is 43.8 Å². The molecule has 1 atom stereocenters. The lowest BCUT2D eigenvalue weighted by Gasteiger charge is -2.34. The lowest BCUT2D eigenvalue weighted by atomic mass is 9.95. The summed E-state index contributed by atoms with van der Waals surface area (Å²) in [6.07, 6.45) is 5.53. The van der Waals surface area contributed by atoms with Gasteiger partial charge in [-0.15, -0.1) is 0 Å². The van der Waals surface area contributed by atoms with Crippen LogP contribution >= 0.6 is 11.6 Å². The Hall–Kier alpha value is -3.36. The van der Waals surface area contributed by atoms with Gasteiger partial charge < -0.3 is 10.2 Å². The summed E-state index contributed by atoms with van der Waals surface area (Å²) in [4.78, 5) is 29.5. The van der Waals surface area contributed by atoms with E-state index in [9.17, 15) is 18.0 Å². The molecule has 7 nitrogen and oxygen atoms in total. The second kappa shape index (κ2) is 14.2. The van der Waals surface area contributed by atoms with Gasteiger partial charge in [0.15, 0.2) is 0 Å². The molecule has 1 unspecified atom stereocenters. The van der Waals surface area contributed by atoms with Gasteiger partial charge in [-0.05, 0) is 68.5 Å². The number of hydrogen-bond acceptors (Lipinski definition) is 4. The predicted octanol–water partition coefficient (Wildman–Crippen LogP) is 6.41. The summed E-state index contributed by atoms with van der Waals surface area (Å²) in [7, 11) is -4.16. The second-order valence-corrected chi connectivity index (χ2v) is 13.3. The fourth-order valence-electron chi connectivity index (χ4n) is 5.45. The van der Waals surface area contributed by atoms with E-state index < -0.39 is 28.5 Å². The molecule has 1 aliphatic rings. The molecule has 3 aromatic carbocycles. The van der Waals surface area contributed by atoms with Gasteiger partial charge in [-0.1, -0.05) is 91.9 Å². The molecule has 0 aliphatic heterocycles. The number of rotatable bonds is 11. The van der Waals surface area contributed by atoms with Gasteiger partial charge in [0.05, 0.1) is 10.6 Å². The SMILES string of the molecule is CCC(C(=O)NC1CCCCC1)N(Cc1ccccc1)C(=O)CN(c1cc(Cl)ccc1C)S(=O)(=O)c1ccc(C)cc1. The highest BCUT2D eigenvalue weighted by Crippen LogP contribution is 2.30. The van der Waals surface area contributed by atoms with E-state index >= 15 is 0 Å². The molecule has 9 heteroatoms. The van der Waals surface area contributed by atoms with Crippen molar-refractivity contribution >= 4 is 39.1 Å². The number of nitrogens with zero attached hydrogens (tertiary/aromatic N) is 2.